The Kier molecular flexibility index (Phi) is 5.87. The van der Waals surface area contributed by atoms with Gasteiger partial charge in [0.2, 0.25) is 5.91 Å². The molecule has 2 amide bonds. The van der Waals surface area contributed by atoms with Crippen molar-refractivity contribution in [3.05, 3.63) is 52.5 Å². The van der Waals surface area contributed by atoms with E-state index in [2.05, 4.69) is 15.6 Å². The molecule has 6 heteroatoms. The summed E-state index contributed by atoms with van der Waals surface area (Å²) in [6.07, 6.45) is 5.25. The SMILES string of the molecule is CC(C)(NC(=O)c1cccs1)C(=O)NCCCc1cccnc1. The van der Waals surface area contributed by atoms with E-state index in [0.717, 1.165) is 18.4 Å². The van der Waals surface area contributed by atoms with E-state index in [1.165, 1.54) is 11.3 Å². The van der Waals surface area contributed by atoms with Crippen LogP contribution in [0, 0.1) is 0 Å². The fourth-order valence-corrected chi connectivity index (χ4v) is 2.69. The van der Waals surface area contributed by atoms with Crippen LogP contribution in [-0.2, 0) is 11.2 Å². The van der Waals surface area contributed by atoms with Crippen LogP contribution in [0.3, 0.4) is 0 Å². The highest BCUT2D eigenvalue weighted by molar-refractivity contribution is 7.12. The summed E-state index contributed by atoms with van der Waals surface area (Å²) >= 11 is 1.35. The number of pyridine rings is 1. The Morgan fingerprint density at radius 1 is 1.26 bits per heavy atom. The van der Waals surface area contributed by atoms with Gasteiger partial charge in [0.15, 0.2) is 0 Å². The topological polar surface area (TPSA) is 71.1 Å². The lowest BCUT2D eigenvalue weighted by Gasteiger charge is -2.24. The van der Waals surface area contributed by atoms with Gasteiger partial charge in [-0.3, -0.25) is 14.6 Å². The van der Waals surface area contributed by atoms with Gasteiger partial charge in [-0.25, -0.2) is 0 Å². The molecule has 0 unspecified atom stereocenters. The summed E-state index contributed by atoms with van der Waals surface area (Å²) in [6.45, 7) is 3.97. The number of rotatable bonds is 7. The number of carbonyl (C=O) groups is 2. The highest BCUT2D eigenvalue weighted by atomic mass is 32.1. The van der Waals surface area contributed by atoms with E-state index < -0.39 is 5.54 Å². The first-order valence-corrected chi connectivity index (χ1v) is 8.40. The van der Waals surface area contributed by atoms with E-state index in [-0.39, 0.29) is 11.8 Å². The molecule has 0 radical (unpaired) electrons. The van der Waals surface area contributed by atoms with E-state index in [0.29, 0.717) is 11.4 Å². The maximum absolute atomic E-state index is 12.2. The first-order chi connectivity index (χ1) is 11.0. The summed E-state index contributed by atoms with van der Waals surface area (Å²) in [5, 5.41) is 7.47. The van der Waals surface area contributed by atoms with Gasteiger partial charge in [0.05, 0.1) is 4.88 Å². The summed E-state index contributed by atoms with van der Waals surface area (Å²) in [5.74, 6) is -0.413. The van der Waals surface area contributed by atoms with Gasteiger partial charge in [-0.1, -0.05) is 12.1 Å². The molecule has 2 N–H and O–H groups in total. The number of hydrogen-bond donors (Lipinski definition) is 2. The third kappa shape index (κ3) is 5.17. The Hall–Kier alpha value is -2.21. The maximum atomic E-state index is 12.2. The van der Waals surface area contributed by atoms with Crippen molar-refractivity contribution in [3.63, 3.8) is 0 Å². The third-order valence-corrected chi connectivity index (χ3v) is 4.26. The molecule has 0 saturated heterocycles. The lowest BCUT2D eigenvalue weighted by Crippen LogP contribution is -2.54. The molecule has 0 saturated carbocycles. The van der Waals surface area contributed by atoms with Gasteiger partial charge in [0.1, 0.15) is 5.54 Å². The molecule has 122 valence electrons. The van der Waals surface area contributed by atoms with Crippen molar-refractivity contribution in [2.75, 3.05) is 6.54 Å². The second kappa shape index (κ2) is 7.87. The summed E-state index contributed by atoms with van der Waals surface area (Å²) in [7, 11) is 0. The predicted molar refractivity (Wildman–Crippen MR) is 91.4 cm³/mol. The van der Waals surface area contributed by atoms with Crippen molar-refractivity contribution in [1.82, 2.24) is 15.6 Å². The molecule has 0 bridgehead atoms. The number of amides is 2. The van der Waals surface area contributed by atoms with Crippen LogP contribution >= 0.6 is 11.3 Å². The van der Waals surface area contributed by atoms with Crippen molar-refractivity contribution in [3.8, 4) is 0 Å². The molecular weight excluding hydrogens is 310 g/mol. The van der Waals surface area contributed by atoms with Gasteiger partial charge in [0, 0.05) is 18.9 Å². The smallest absolute Gasteiger partial charge is 0.262 e. The zero-order chi connectivity index (χ0) is 16.7. The molecule has 2 heterocycles. The van der Waals surface area contributed by atoms with Gasteiger partial charge in [-0.2, -0.15) is 0 Å². The quantitative estimate of drug-likeness (QED) is 0.765. The van der Waals surface area contributed by atoms with Crippen molar-refractivity contribution < 1.29 is 9.59 Å². The lowest BCUT2D eigenvalue weighted by molar-refractivity contribution is -0.126. The fraction of sp³-hybridized carbons (Fsp3) is 0.353. The Morgan fingerprint density at radius 3 is 2.74 bits per heavy atom. The Balaban J connectivity index is 1.76. The highest BCUT2D eigenvalue weighted by Crippen LogP contribution is 2.11. The van der Waals surface area contributed by atoms with Crippen LogP contribution < -0.4 is 10.6 Å². The van der Waals surface area contributed by atoms with Crippen molar-refractivity contribution in [2.24, 2.45) is 0 Å². The van der Waals surface area contributed by atoms with Crippen LogP contribution in [0.5, 0.6) is 0 Å². The van der Waals surface area contributed by atoms with E-state index in [9.17, 15) is 9.59 Å². The molecule has 2 rings (SSSR count). The molecule has 0 atom stereocenters. The van der Waals surface area contributed by atoms with Gasteiger partial charge >= 0.3 is 0 Å². The first-order valence-electron chi connectivity index (χ1n) is 7.52. The molecule has 23 heavy (non-hydrogen) atoms. The zero-order valence-corrected chi connectivity index (χ0v) is 14.2. The normalized spacial score (nSPS) is 11.0. The first kappa shape index (κ1) is 17.1. The minimum Gasteiger partial charge on any atom is -0.354 e. The van der Waals surface area contributed by atoms with Crippen molar-refractivity contribution in [2.45, 2.75) is 32.2 Å². The van der Waals surface area contributed by atoms with Crippen LogP contribution in [0.15, 0.2) is 42.0 Å². The van der Waals surface area contributed by atoms with E-state index in [1.807, 2.05) is 29.8 Å². The molecule has 0 spiro atoms. The van der Waals surface area contributed by atoms with Gasteiger partial charge < -0.3 is 10.6 Å². The highest BCUT2D eigenvalue weighted by Gasteiger charge is 2.29. The van der Waals surface area contributed by atoms with Crippen LogP contribution in [-0.4, -0.2) is 28.9 Å². The summed E-state index contributed by atoms with van der Waals surface area (Å²) < 4.78 is 0. The average molecular weight is 331 g/mol. The van der Waals surface area contributed by atoms with Crippen molar-refractivity contribution in [1.29, 1.82) is 0 Å². The molecule has 5 nitrogen and oxygen atoms in total. The van der Waals surface area contributed by atoms with E-state index >= 15 is 0 Å². The molecule has 2 aromatic heterocycles. The van der Waals surface area contributed by atoms with Gasteiger partial charge in [-0.05, 0) is 49.8 Å². The van der Waals surface area contributed by atoms with E-state index in [4.69, 9.17) is 0 Å². The predicted octanol–water partition coefficient (Wildman–Crippen LogP) is 2.40. The summed E-state index contributed by atoms with van der Waals surface area (Å²) in [5.41, 5.74) is 0.196. The zero-order valence-electron chi connectivity index (χ0n) is 13.3. The van der Waals surface area contributed by atoms with Gasteiger partial charge in [0.25, 0.3) is 5.91 Å². The number of hydrogen-bond acceptors (Lipinski definition) is 4. The van der Waals surface area contributed by atoms with E-state index in [1.54, 1.807) is 26.1 Å². The number of nitrogens with zero attached hydrogens (tertiary/aromatic N) is 1. The third-order valence-electron chi connectivity index (χ3n) is 3.39. The number of thiophene rings is 1. The Labute approximate surface area is 140 Å². The van der Waals surface area contributed by atoms with Crippen LogP contribution in [0.25, 0.3) is 0 Å². The fourth-order valence-electron chi connectivity index (χ4n) is 2.07. The molecule has 0 aliphatic heterocycles. The number of carbonyl (C=O) groups excluding carboxylic acids is 2. The molecular formula is C17H21N3O2S. The minimum absolute atomic E-state index is 0.186. The molecule has 0 aromatic carbocycles. The molecule has 0 aliphatic rings. The van der Waals surface area contributed by atoms with Gasteiger partial charge in [-0.15, -0.1) is 11.3 Å². The molecule has 0 fully saturated rings. The largest absolute Gasteiger partial charge is 0.354 e. The Bertz CT molecular complexity index is 639. The monoisotopic (exact) mass is 331 g/mol. The maximum Gasteiger partial charge on any atom is 0.262 e. The van der Waals surface area contributed by atoms with Crippen LogP contribution in [0.4, 0.5) is 0 Å². The number of aromatic nitrogens is 1. The van der Waals surface area contributed by atoms with Crippen LogP contribution in [0.2, 0.25) is 0 Å². The lowest BCUT2D eigenvalue weighted by atomic mass is 10.0. The molecule has 2 aromatic rings. The summed E-state index contributed by atoms with van der Waals surface area (Å²) in [6, 6.07) is 7.46. The Morgan fingerprint density at radius 2 is 2.09 bits per heavy atom. The van der Waals surface area contributed by atoms with Crippen LogP contribution in [0.1, 0.15) is 35.5 Å². The summed E-state index contributed by atoms with van der Waals surface area (Å²) in [4.78, 5) is 29.0. The molecule has 0 aliphatic carbocycles. The number of nitrogens with one attached hydrogen (secondary N) is 2. The second-order valence-corrected chi connectivity index (χ2v) is 6.72. The average Bonchev–Trinajstić information content (AvgIpc) is 3.06. The second-order valence-electron chi connectivity index (χ2n) is 5.78. The number of aryl methyl sites for hydroxylation is 1. The van der Waals surface area contributed by atoms with Crippen molar-refractivity contribution >= 4 is 23.2 Å². The standard InChI is InChI=1S/C17H21N3O2S/c1-17(2,20-15(21)14-8-5-11-23-14)16(22)19-10-4-7-13-6-3-9-18-12-13/h3,5-6,8-9,11-12H,4,7,10H2,1-2H3,(H,19,22)(H,20,21). The minimum atomic E-state index is -0.949.